The number of benzene rings is 2. The summed E-state index contributed by atoms with van der Waals surface area (Å²) in [6, 6.07) is 15.2. The zero-order valence-corrected chi connectivity index (χ0v) is 16.6. The van der Waals surface area contributed by atoms with Gasteiger partial charge in [0.25, 0.3) is 0 Å². The zero-order chi connectivity index (χ0) is 18.2. The molecule has 0 spiro atoms. The van der Waals surface area contributed by atoms with Gasteiger partial charge in [0, 0.05) is 29.6 Å². The van der Waals surface area contributed by atoms with Crippen LogP contribution in [0.1, 0.15) is 24.8 Å². The number of hydrogen-bond acceptors (Lipinski definition) is 4. The van der Waals surface area contributed by atoms with Gasteiger partial charge in [0.05, 0.1) is 21.8 Å². The van der Waals surface area contributed by atoms with Gasteiger partial charge in [-0.15, -0.1) is 0 Å². The summed E-state index contributed by atoms with van der Waals surface area (Å²) in [5, 5.41) is 1.26. The molecule has 5 rings (SSSR count). The van der Waals surface area contributed by atoms with Crippen molar-refractivity contribution in [2.45, 2.75) is 36.0 Å². The second-order valence-corrected chi connectivity index (χ2v) is 8.65. The van der Waals surface area contributed by atoms with Gasteiger partial charge in [-0.3, -0.25) is 4.98 Å². The molecule has 2 aliphatic rings. The second kappa shape index (κ2) is 7.17. The summed E-state index contributed by atoms with van der Waals surface area (Å²) in [7, 11) is 0. The summed E-state index contributed by atoms with van der Waals surface area (Å²) in [4.78, 5) is 12.5. The Hall–Kier alpha value is -2.04. The normalized spacial score (nSPS) is 17.0. The van der Waals surface area contributed by atoms with Crippen LogP contribution in [-0.4, -0.2) is 36.1 Å². The monoisotopic (exact) mass is 375 g/mol. The predicted octanol–water partition coefficient (Wildman–Crippen LogP) is 5.63. The van der Waals surface area contributed by atoms with Crippen molar-refractivity contribution in [2.75, 3.05) is 31.1 Å². The van der Waals surface area contributed by atoms with Gasteiger partial charge >= 0.3 is 0 Å². The van der Waals surface area contributed by atoms with Crippen LogP contribution in [0.15, 0.2) is 58.5 Å². The lowest BCUT2D eigenvalue weighted by molar-refractivity contribution is 0.234. The molecular formula is C23H25N3S. The lowest BCUT2D eigenvalue weighted by Crippen LogP contribution is -2.37. The maximum absolute atomic E-state index is 4.72. The number of likely N-dealkylation sites (tertiary alicyclic amines) is 1. The number of rotatable bonds is 3. The van der Waals surface area contributed by atoms with Crippen molar-refractivity contribution in [3.63, 3.8) is 0 Å². The van der Waals surface area contributed by atoms with E-state index < -0.39 is 0 Å². The molecule has 0 aliphatic carbocycles. The minimum Gasteiger partial charge on any atom is -0.338 e. The molecule has 1 aromatic heterocycles. The third-order valence-electron chi connectivity index (χ3n) is 5.76. The number of para-hydroxylation sites is 2. The second-order valence-electron chi connectivity index (χ2n) is 7.57. The number of anilines is 2. The molecule has 138 valence electrons. The molecular weight excluding hydrogens is 350 g/mol. The van der Waals surface area contributed by atoms with Crippen molar-refractivity contribution in [1.29, 1.82) is 0 Å². The van der Waals surface area contributed by atoms with Gasteiger partial charge in [-0.1, -0.05) is 48.5 Å². The van der Waals surface area contributed by atoms with E-state index in [4.69, 9.17) is 4.98 Å². The summed E-state index contributed by atoms with van der Waals surface area (Å²) in [6.07, 6.45) is 6.13. The van der Waals surface area contributed by atoms with Crippen LogP contribution in [0.3, 0.4) is 0 Å². The number of aromatic nitrogens is 1. The highest BCUT2D eigenvalue weighted by Gasteiger charge is 2.27. The van der Waals surface area contributed by atoms with Crippen molar-refractivity contribution in [3.05, 3.63) is 54.2 Å². The van der Waals surface area contributed by atoms with E-state index in [1.54, 1.807) is 0 Å². The Labute approximate surface area is 165 Å². The predicted molar refractivity (Wildman–Crippen MR) is 114 cm³/mol. The number of fused-ring (bicyclic) bond motifs is 4. The topological polar surface area (TPSA) is 19.4 Å². The highest BCUT2D eigenvalue weighted by atomic mass is 32.2. The Morgan fingerprint density at radius 2 is 1.74 bits per heavy atom. The molecule has 0 atom stereocenters. The lowest BCUT2D eigenvalue weighted by Gasteiger charge is -2.37. The fraction of sp³-hybridized carbons (Fsp3) is 0.348. The highest BCUT2D eigenvalue weighted by Crippen LogP contribution is 2.51. The van der Waals surface area contributed by atoms with Gasteiger partial charge in [-0.2, -0.15) is 0 Å². The van der Waals surface area contributed by atoms with Crippen LogP contribution in [0.4, 0.5) is 11.4 Å². The lowest BCUT2D eigenvalue weighted by atomic mass is 10.1. The Morgan fingerprint density at radius 3 is 2.63 bits per heavy atom. The van der Waals surface area contributed by atoms with Crippen LogP contribution >= 0.6 is 11.8 Å². The molecule has 2 aliphatic heterocycles. The first-order chi connectivity index (χ1) is 13.3. The van der Waals surface area contributed by atoms with Gasteiger partial charge in [-0.25, -0.2) is 0 Å². The summed E-state index contributed by atoms with van der Waals surface area (Å²) >= 11 is 1.86. The maximum Gasteiger partial charge on any atom is 0.0723 e. The molecule has 27 heavy (non-hydrogen) atoms. The molecule has 3 nitrogen and oxygen atoms in total. The maximum atomic E-state index is 4.72. The fourth-order valence-electron chi connectivity index (χ4n) is 4.40. The SMILES string of the molecule is Cc1cccc2c1N(CCN1CCCCC1)c1c(cnc3ccccc13)S2. The average molecular weight is 376 g/mol. The van der Waals surface area contributed by atoms with Gasteiger partial charge < -0.3 is 9.80 Å². The first kappa shape index (κ1) is 17.1. The zero-order valence-electron chi connectivity index (χ0n) is 15.8. The number of pyridine rings is 1. The van der Waals surface area contributed by atoms with E-state index in [0.29, 0.717) is 0 Å². The molecule has 0 N–H and O–H groups in total. The number of piperidine rings is 1. The summed E-state index contributed by atoms with van der Waals surface area (Å²) in [5.74, 6) is 0. The number of aryl methyl sites for hydroxylation is 1. The highest BCUT2D eigenvalue weighted by molar-refractivity contribution is 7.99. The molecule has 2 aromatic carbocycles. The van der Waals surface area contributed by atoms with E-state index in [1.165, 1.54) is 64.5 Å². The van der Waals surface area contributed by atoms with Crippen LogP contribution in [0, 0.1) is 6.92 Å². The first-order valence-corrected chi connectivity index (χ1v) is 10.8. The van der Waals surface area contributed by atoms with E-state index in [1.807, 2.05) is 11.8 Å². The van der Waals surface area contributed by atoms with E-state index in [0.717, 1.165) is 18.6 Å². The van der Waals surface area contributed by atoms with E-state index in [9.17, 15) is 0 Å². The van der Waals surface area contributed by atoms with Crippen LogP contribution in [0.25, 0.3) is 10.9 Å². The summed E-state index contributed by atoms with van der Waals surface area (Å²) < 4.78 is 0. The summed E-state index contributed by atoms with van der Waals surface area (Å²) in [5.41, 5.74) is 5.15. The van der Waals surface area contributed by atoms with E-state index in [-0.39, 0.29) is 0 Å². The van der Waals surface area contributed by atoms with Gasteiger partial charge in [0.15, 0.2) is 0 Å². The molecule has 1 saturated heterocycles. The molecule has 3 heterocycles. The molecule has 0 amide bonds. The molecule has 0 unspecified atom stereocenters. The first-order valence-electron chi connectivity index (χ1n) is 9.96. The van der Waals surface area contributed by atoms with Crippen molar-refractivity contribution in [1.82, 2.24) is 9.88 Å². The van der Waals surface area contributed by atoms with Crippen LogP contribution in [0.5, 0.6) is 0 Å². The number of nitrogens with zero attached hydrogens (tertiary/aromatic N) is 3. The molecule has 3 aromatic rings. The average Bonchev–Trinajstić information content (AvgIpc) is 2.72. The Balaban J connectivity index is 1.60. The smallest absolute Gasteiger partial charge is 0.0723 e. The fourth-order valence-corrected chi connectivity index (χ4v) is 5.57. The Kier molecular flexibility index (Phi) is 4.54. The molecule has 4 heteroatoms. The quantitative estimate of drug-likeness (QED) is 0.590. The molecule has 0 bridgehead atoms. The largest absolute Gasteiger partial charge is 0.338 e. The minimum absolute atomic E-state index is 1.03. The van der Waals surface area contributed by atoms with Crippen molar-refractivity contribution < 1.29 is 0 Å². The standard InChI is InChI=1S/C23H25N3S/c1-17-8-7-11-20-22(17)26(15-14-25-12-5-2-6-13-25)23-18-9-3-4-10-19(18)24-16-21(23)27-20/h3-4,7-11,16H,2,5-6,12-15H2,1H3. The van der Waals surface area contributed by atoms with E-state index >= 15 is 0 Å². The minimum atomic E-state index is 1.03. The van der Waals surface area contributed by atoms with Gasteiger partial charge in [0.1, 0.15) is 0 Å². The molecule has 0 saturated carbocycles. The van der Waals surface area contributed by atoms with Crippen LogP contribution < -0.4 is 4.90 Å². The van der Waals surface area contributed by atoms with Gasteiger partial charge in [0.2, 0.25) is 0 Å². The number of hydrogen-bond donors (Lipinski definition) is 0. The van der Waals surface area contributed by atoms with E-state index in [2.05, 4.69) is 65.4 Å². The van der Waals surface area contributed by atoms with Crippen LogP contribution in [-0.2, 0) is 0 Å². The summed E-state index contributed by atoms with van der Waals surface area (Å²) in [6.45, 7) is 6.87. The Morgan fingerprint density at radius 1 is 0.889 bits per heavy atom. The third-order valence-corrected chi connectivity index (χ3v) is 6.83. The van der Waals surface area contributed by atoms with Gasteiger partial charge in [-0.05, 0) is 50.6 Å². The van der Waals surface area contributed by atoms with Crippen molar-refractivity contribution >= 4 is 34.0 Å². The third kappa shape index (κ3) is 3.11. The van der Waals surface area contributed by atoms with Crippen molar-refractivity contribution in [3.8, 4) is 0 Å². The van der Waals surface area contributed by atoms with Crippen LogP contribution in [0.2, 0.25) is 0 Å². The molecule has 0 radical (unpaired) electrons. The van der Waals surface area contributed by atoms with Crippen molar-refractivity contribution in [2.24, 2.45) is 0 Å². The molecule has 1 fully saturated rings. The Bertz CT molecular complexity index is 979.